The van der Waals surface area contributed by atoms with Crippen LogP contribution in [0.15, 0.2) is 18.2 Å². The molecule has 0 radical (unpaired) electrons. The summed E-state index contributed by atoms with van der Waals surface area (Å²) in [7, 11) is 0. The van der Waals surface area contributed by atoms with Crippen molar-refractivity contribution in [2.75, 3.05) is 6.54 Å². The van der Waals surface area contributed by atoms with E-state index < -0.39 is 0 Å². The summed E-state index contributed by atoms with van der Waals surface area (Å²) in [6.07, 6.45) is 5.07. The lowest BCUT2D eigenvalue weighted by molar-refractivity contribution is -0.131. The fourth-order valence-electron chi connectivity index (χ4n) is 3.10. The van der Waals surface area contributed by atoms with Crippen LogP contribution in [0, 0.1) is 11.7 Å². The van der Waals surface area contributed by atoms with E-state index in [1.165, 1.54) is 25.0 Å². The van der Waals surface area contributed by atoms with Gasteiger partial charge in [-0.3, -0.25) is 4.79 Å². The number of halogens is 1. The summed E-state index contributed by atoms with van der Waals surface area (Å²) >= 11 is 0. The van der Waals surface area contributed by atoms with Crippen LogP contribution in [0.1, 0.15) is 50.2 Å². The van der Waals surface area contributed by atoms with Gasteiger partial charge in [-0.05, 0) is 42.0 Å². The number of likely N-dealkylation sites (tertiary alicyclic amines) is 1. The molecule has 21 heavy (non-hydrogen) atoms. The van der Waals surface area contributed by atoms with Crippen LogP contribution in [-0.4, -0.2) is 17.4 Å². The fraction of sp³-hybridized carbons (Fsp3) is 0.588. The second-order valence-corrected chi connectivity index (χ2v) is 5.91. The number of amides is 1. The molecule has 0 bridgehead atoms. The van der Waals surface area contributed by atoms with Crippen molar-refractivity contribution in [3.8, 4) is 0 Å². The smallest absolute Gasteiger partial charge is 0.222 e. The van der Waals surface area contributed by atoms with Crippen molar-refractivity contribution in [1.29, 1.82) is 0 Å². The van der Waals surface area contributed by atoms with Gasteiger partial charge in [-0.25, -0.2) is 4.39 Å². The molecule has 3 nitrogen and oxygen atoms in total. The zero-order valence-corrected chi connectivity index (χ0v) is 12.8. The highest BCUT2D eigenvalue weighted by Gasteiger charge is 2.22. The second-order valence-electron chi connectivity index (χ2n) is 5.91. The summed E-state index contributed by atoms with van der Waals surface area (Å²) in [5, 5.41) is 0. The highest BCUT2D eigenvalue weighted by atomic mass is 19.1. The molecule has 1 aliphatic rings. The van der Waals surface area contributed by atoms with Crippen molar-refractivity contribution < 1.29 is 9.18 Å². The summed E-state index contributed by atoms with van der Waals surface area (Å²) in [5.74, 6) is 0.594. The van der Waals surface area contributed by atoms with Crippen LogP contribution in [0.25, 0.3) is 0 Å². The van der Waals surface area contributed by atoms with E-state index in [0.717, 1.165) is 30.5 Å². The number of hydrogen-bond donors (Lipinski definition) is 1. The molecule has 4 heteroatoms. The largest absolute Gasteiger partial charge is 0.338 e. The molecule has 1 aromatic carbocycles. The molecule has 1 aliphatic heterocycles. The van der Waals surface area contributed by atoms with E-state index in [1.807, 2.05) is 4.90 Å². The SMILES string of the molecule is CCCC1CCC(=O)N(Cc2ccc(F)cc2CN)CC1. The average Bonchev–Trinajstić information content (AvgIpc) is 2.65. The minimum absolute atomic E-state index is 0.209. The Morgan fingerprint density at radius 2 is 2.14 bits per heavy atom. The Morgan fingerprint density at radius 1 is 1.33 bits per heavy atom. The average molecular weight is 292 g/mol. The quantitative estimate of drug-likeness (QED) is 0.905. The maximum absolute atomic E-state index is 13.3. The van der Waals surface area contributed by atoms with Crippen LogP contribution in [0.5, 0.6) is 0 Å². The summed E-state index contributed by atoms with van der Waals surface area (Å²) < 4.78 is 13.3. The Morgan fingerprint density at radius 3 is 2.86 bits per heavy atom. The van der Waals surface area contributed by atoms with Gasteiger partial charge in [0.1, 0.15) is 5.82 Å². The summed E-state index contributed by atoms with van der Waals surface area (Å²) in [6, 6.07) is 4.66. The summed E-state index contributed by atoms with van der Waals surface area (Å²) in [6.45, 7) is 3.83. The second kappa shape index (κ2) is 7.55. The number of carbonyl (C=O) groups excluding carboxylic acids is 1. The predicted octanol–water partition coefficient (Wildman–Crippen LogP) is 3.21. The highest BCUT2D eigenvalue weighted by molar-refractivity contribution is 5.76. The molecular weight excluding hydrogens is 267 g/mol. The van der Waals surface area contributed by atoms with Crippen LogP contribution in [0.2, 0.25) is 0 Å². The van der Waals surface area contributed by atoms with E-state index in [4.69, 9.17) is 5.73 Å². The number of hydrogen-bond acceptors (Lipinski definition) is 2. The normalized spacial score (nSPS) is 19.7. The first-order valence-corrected chi connectivity index (χ1v) is 7.89. The Balaban J connectivity index is 2.06. The predicted molar refractivity (Wildman–Crippen MR) is 82.0 cm³/mol. The molecule has 2 N–H and O–H groups in total. The standard InChI is InChI=1S/C17H25FN2O/c1-2-3-13-4-7-17(21)20(9-8-13)12-14-5-6-16(18)10-15(14)11-19/h5-6,10,13H,2-4,7-9,11-12,19H2,1H3. The van der Waals surface area contributed by atoms with Gasteiger partial charge in [0.05, 0.1) is 0 Å². The molecule has 1 unspecified atom stereocenters. The number of nitrogens with zero attached hydrogens (tertiary/aromatic N) is 1. The number of rotatable bonds is 5. The molecule has 0 saturated carbocycles. The first-order valence-electron chi connectivity index (χ1n) is 7.89. The number of carbonyl (C=O) groups is 1. The molecule has 0 aliphatic carbocycles. The van der Waals surface area contributed by atoms with Crippen LogP contribution < -0.4 is 5.73 Å². The van der Waals surface area contributed by atoms with Crippen LogP contribution in [-0.2, 0) is 17.9 Å². The van der Waals surface area contributed by atoms with Crippen molar-refractivity contribution in [1.82, 2.24) is 4.90 Å². The lowest BCUT2D eigenvalue weighted by atomic mass is 9.96. The Hall–Kier alpha value is -1.42. The van der Waals surface area contributed by atoms with E-state index in [2.05, 4.69) is 6.92 Å². The van der Waals surface area contributed by atoms with Crippen molar-refractivity contribution in [3.63, 3.8) is 0 Å². The summed E-state index contributed by atoms with van der Waals surface area (Å²) in [5.41, 5.74) is 7.43. The van der Waals surface area contributed by atoms with Crippen molar-refractivity contribution in [3.05, 3.63) is 35.1 Å². The van der Waals surface area contributed by atoms with Gasteiger partial charge in [-0.15, -0.1) is 0 Å². The molecular formula is C17H25FN2O. The van der Waals surface area contributed by atoms with E-state index in [1.54, 1.807) is 6.07 Å². The molecule has 116 valence electrons. The molecule has 1 fully saturated rings. The van der Waals surface area contributed by atoms with Crippen molar-refractivity contribution >= 4 is 5.91 Å². The molecule has 0 spiro atoms. The monoisotopic (exact) mass is 292 g/mol. The molecule has 1 aromatic rings. The van der Waals surface area contributed by atoms with Gasteiger partial charge in [0, 0.05) is 26.1 Å². The van der Waals surface area contributed by atoms with E-state index >= 15 is 0 Å². The van der Waals surface area contributed by atoms with Crippen LogP contribution in [0.3, 0.4) is 0 Å². The fourth-order valence-corrected chi connectivity index (χ4v) is 3.10. The Kier molecular flexibility index (Phi) is 5.74. The topological polar surface area (TPSA) is 46.3 Å². The molecule has 0 aromatic heterocycles. The Labute approximate surface area is 126 Å². The van der Waals surface area contributed by atoms with Gasteiger partial charge in [-0.2, -0.15) is 0 Å². The van der Waals surface area contributed by atoms with E-state index in [0.29, 0.717) is 25.4 Å². The minimum Gasteiger partial charge on any atom is -0.338 e. The minimum atomic E-state index is -0.274. The maximum Gasteiger partial charge on any atom is 0.222 e. The molecule has 2 rings (SSSR count). The van der Waals surface area contributed by atoms with Gasteiger partial charge in [-0.1, -0.05) is 25.8 Å². The molecule has 1 heterocycles. The van der Waals surface area contributed by atoms with Gasteiger partial charge in [0.15, 0.2) is 0 Å². The zero-order valence-electron chi connectivity index (χ0n) is 12.8. The number of benzene rings is 1. The number of nitrogens with two attached hydrogens (primary N) is 1. The molecule has 1 saturated heterocycles. The summed E-state index contributed by atoms with van der Waals surface area (Å²) in [4.78, 5) is 14.2. The zero-order chi connectivity index (χ0) is 15.2. The third kappa shape index (κ3) is 4.27. The third-order valence-electron chi connectivity index (χ3n) is 4.37. The molecule has 1 amide bonds. The van der Waals surface area contributed by atoms with Crippen LogP contribution in [0.4, 0.5) is 4.39 Å². The van der Waals surface area contributed by atoms with Gasteiger partial charge >= 0.3 is 0 Å². The van der Waals surface area contributed by atoms with E-state index in [-0.39, 0.29) is 11.7 Å². The first kappa shape index (κ1) is 16.0. The first-order chi connectivity index (χ1) is 10.1. The van der Waals surface area contributed by atoms with Gasteiger partial charge in [0.25, 0.3) is 0 Å². The van der Waals surface area contributed by atoms with E-state index in [9.17, 15) is 9.18 Å². The lowest BCUT2D eigenvalue weighted by Crippen LogP contribution is -2.30. The van der Waals surface area contributed by atoms with Crippen LogP contribution >= 0.6 is 0 Å². The van der Waals surface area contributed by atoms with Gasteiger partial charge in [0.2, 0.25) is 5.91 Å². The van der Waals surface area contributed by atoms with Crippen molar-refractivity contribution in [2.24, 2.45) is 11.7 Å². The maximum atomic E-state index is 13.3. The lowest BCUT2D eigenvalue weighted by Gasteiger charge is -2.22. The highest BCUT2D eigenvalue weighted by Crippen LogP contribution is 2.24. The Bertz CT molecular complexity index is 490. The third-order valence-corrected chi connectivity index (χ3v) is 4.37. The van der Waals surface area contributed by atoms with Crippen molar-refractivity contribution in [2.45, 2.75) is 52.1 Å². The molecule has 1 atom stereocenters. The van der Waals surface area contributed by atoms with Gasteiger partial charge < -0.3 is 10.6 Å².